The first kappa shape index (κ1) is 27.1. The van der Waals surface area contributed by atoms with Gasteiger partial charge in [0.2, 0.25) is 0 Å². The molecule has 30 heavy (non-hydrogen) atoms. The SMILES string of the molecule is CCNC(=NCc1cccc(CN(C)CC)c1)NCC1CN(CC(C)C)CCO1.I. The molecule has 1 aromatic rings. The van der Waals surface area contributed by atoms with Crippen LogP contribution in [0, 0.1) is 5.92 Å². The van der Waals surface area contributed by atoms with E-state index >= 15 is 0 Å². The summed E-state index contributed by atoms with van der Waals surface area (Å²) in [7, 11) is 2.15. The van der Waals surface area contributed by atoms with E-state index in [1.807, 2.05) is 0 Å². The van der Waals surface area contributed by atoms with Gasteiger partial charge in [-0.2, -0.15) is 0 Å². The summed E-state index contributed by atoms with van der Waals surface area (Å²) >= 11 is 0. The maximum atomic E-state index is 5.95. The van der Waals surface area contributed by atoms with Crippen LogP contribution in [0.15, 0.2) is 29.3 Å². The molecule has 0 saturated carbocycles. The quantitative estimate of drug-likeness (QED) is 0.276. The molecule has 172 valence electrons. The largest absolute Gasteiger partial charge is 0.374 e. The molecule has 1 saturated heterocycles. The van der Waals surface area contributed by atoms with Crippen LogP contribution in [0.1, 0.15) is 38.8 Å². The van der Waals surface area contributed by atoms with E-state index < -0.39 is 0 Å². The van der Waals surface area contributed by atoms with Crippen LogP contribution in [0.5, 0.6) is 0 Å². The summed E-state index contributed by atoms with van der Waals surface area (Å²) in [6.07, 6.45) is 0.208. The molecule has 1 fully saturated rings. The van der Waals surface area contributed by atoms with E-state index in [-0.39, 0.29) is 30.1 Å². The molecule has 6 nitrogen and oxygen atoms in total. The minimum Gasteiger partial charge on any atom is -0.374 e. The lowest BCUT2D eigenvalue weighted by atomic mass is 10.1. The van der Waals surface area contributed by atoms with Crippen molar-refractivity contribution in [1.82, 2.24) is 20.4 Å². The maximum Gasteiger partial charge on any atom is 0.191 e. The summed E-state index contributed by atoms with van der Waals surface area (Å²) in [5.41, 5.74) is 2.57. The average Bonchev–Trinajstić information content (AvgIpc) is 2.70. The molecule has 1 atom stereocenters. The van der Waals surface area contributed by atoms with Crippen LogP contribution in [0.2, 0.25) is 0 Å². The molecule has 0 radical (unpaired) electrons. The van der Waals surface area contributed by atoms with Crippen LogP contribution in [0.3, 0.4) is 0 Å². The summed E-state index contributed by atoms with van der Waals surface area (Å²) in [5, 5.41) is 6.82. The molecular weight excluding hydrogens is 489 g/mol. The highest BCUT2D eigenvalue weighted by Gasteiger charge is 2.21. The van der Waals surface area contributed by atoms with Crippen molar-refractivity contribution in [3.63, 3.8) is 0 Å². The van der Waals surface area contributed by atoms with Gasteiger partial charge < -0.3 is 20.3 Å². The van der Waals surface area contributed by atoms with Gasteiger partial charge in [-0.3, -0.25) is 4.90 Å². The number of hydrogen-bond donors (Lipinski definition) is 2. The van der Waals surface area contributed by atoms with Gasteiger partial charge in [0.05, 0.1) is 19.3 Å². The normalized spacial score (nSPS) is 17.8. The maximum absolute atomic E-state index is 5.95. The number of benzene rings is 1. The number of rotatable bonds is 10. The first-order chi connectivity index (χ1) is 14.0. The van der Waals surface area contributed by atoms with E-state index in [2.05, 4.69) is 79.4 Å². The molecule has 1 unspecified atom stereocenters. The van der Waals surface area contributed by atoms with Crippen LogP contribution in [0.25, 0.3) is 0 Å². The van der Waals surface area contributed by atoms with Crippen LogP contribution in [-0.4, -0.2) is 74.8 Å². The van der Waals surface area contributed by atoms with Gasteiger partial charge in [-0.15, -0.1) is 24.0 Å². The first-order valence-electron chi connectivity index (χ1n) is 11.1. The zero-order chi connectivity index (χ0) is 21.1. The van der Waals surface area contributed by atoms with Crippen molar-refractivity contribution in [3.8, 4) is 0 Å². The standard InChI is InChI=1S/C23H41N5O.HI/c1-6-24-23(26-15-22-18-28(11-12-29-22)16-19(3)4)25-14-20-9-8-10-21(13-20)17-27(5)7-2;/h8-10,13,19,22H,6-7,11-12,14-18H2,1-5H3,(H2,24,25,26);1H. The van der Waals surface area contributed by atoms with Gasteiger partial charge in [-0.05, 0) is 37.6 Å². The summed E-state index contributed by atoms with van der Waals surface area (Å²) in [6.45, 7) is 17.1. The Morgan fingerprint density at radius 3 is 2.73 bits per heavy atom. The third-order valence-corrected chi connectivity index (χ3v) is 5.09. The molecule has 1 heterocycles. The molecule has 1 aliphatic rings. The Hall–Kier alpha value is -0.900. The van der Waals surface area contributed by atoms with Crippen LogP contribution in [0.4, 0.5) is 0 Å². The van der Waals surface area contributed by atoms with E-state index in [1.54, 1.807) is 0 Å². The summed E-state index contributed by atoms with van der Waals surface area (Å²) < 4.78 is 5.95. The number of nitrogens with one attached hydrogen (secondary N) is 2. The summed E-state index contributed by atoms with van der Waals surface area (Å²) in [4.78, 5) is 9.60. The Morgan fingerprint density at radius 2 is 2.03 bits per heavy atom. The molecule has 0 aliphatic carbocycles. The number of guanidine groups is 1. The van der Waals surface area contributed by atoms with Gasteiger partial charge in [0, 0.05) is 39.3 Å². The second-order valence-electron chi connectivity index (χ2n) is 8.37. The van der Waals surface area contributed by atoms with Gasteiger partial charge in [-0.1, -0.05) is 45.0 Å². The topological polar surface area (TPSA) is 52.1 Å². The fourth-order valence-electron chi connectivity index (χ4n) is 3.56. The molecule has 7 heteroatoms. The van der Waals surface area contributed by atoms with Crippen molar-refractivity contribution >= 4 is 29.9 Å². The fraction of sp³-hybridized carbons (Fsp3) is 0.696. The van der Waals surface area contributed by atoms with Crippen LogP contribution < -0.4 is 10.6 Å². The molecule has 2 rings (SSSR count). The number of halogens is 1. The Labute approximate surface area is 200 Å². The minimum atomic E-state index is 0. The predicted octanol–water partition coefficient (Wildman–Crippen LogP) is 3.17. The molecule has 0 aromatic heterocycles. The van der Waals surface area contributed by atoms with Gasteiger partial charge in [0.25, 0.3) is 0 Å². The van der Waals surface area contributed by atoms with Crippen molar-refractivity contribution in [2.24, 2.45) is 10.9 Å². The van der Waals surface area contributed by atoms with Crippen LogP contribution in [-0.2, 0) is 17.8 Å². The first-order valence-corrected chi connectivity index (χ1v) is 11.1. The highest BCUT2D eigenvalue weighted by molar-refractivity contribution is 14.0. The zero-order valence-electron chi connectivity index (χ0n) is 19.5. The van der Waals surface area contributed by atoms with E-state index in [9.17, 15) is 0 Å². The lowest BCUT2D eigenvalue weighted by Crippen LogP contribution is -2.50. The number of ether oxygens (including phenoxy) is 1. The molecule has 1 aromatic carbocycles. The molecule has 0 amide bonds. The molecule has 0 spiro atoms. The van der Waals surface area contributed by atoms with Crippen molar-refractivity contribution in [3.05, 3.63) is 35.4 Å². The Bertz CT molecular complexity index is 625. The van der Waals surface area contributed by atoms with Gasteiger partial charge in [0.15, 0.2) is 5.96 Å². The molecule has 2 N–H and O–H groups in total. The average molecular weight is 532 g/mol. The van der Waals surface area contributed by atoms with Crippen molar-refractivity contribution in [2.75, 3.05) is 52.9 Å². The minimum absolute atomic E-state index is 0. The van der Waals surface area contributed by atoms with E-state index in [0.29, 0.717) is 12.5 Å². The lowest BCUT2D eigenvalue weighted by molar-refractivity contribution is -0.0284. The van der Waals surface area contributed by atoms with Crippen molar-refractivity contribution < 1.29 is 4.74 Å². The number of aliphatic imine (C=N–C) groups is 1. The van der Waals surface area contributed by atoms with Crippen LogP contribution >= 0.6 is 24.0 Å². The smallest absolute Gasteiger partial charge is 0.191 e. The van der Waals surface area contributed by atoms with Gasteiger partial charge in [0.1, 0.15) is 0 Å². The second-order valence-corrected chi connectivity index (χ2v) is 8.37. The zero-order valence-corrected chi connectivity index (χ0v) is 21.8. The number of hydrogen-bond acceptors (Lipinski definition) is 4. The molecular formula is C23H42IN5O. The number of nitrogens with zero attached hydrogens (tertiary/aromatic N) is 3. The van der Waals surface area contributed by atoms with Gasteiger partial charge >= 0.3 is 0 Å². The third kappa shape index (κ3) is 10.4. The van der Waals surface area contributed by atoms with Gasteiger partial charge in [-0.25, -0.2) is 4.99 Å². The summed E-state index contributed by atoms with van der Waals surface area (Å²) in [5.74, 6) is 1.54. The van der Waals surface area contributed by atoms with E-state index in [4.69, 9.17) is 9.73 Å². The van der Waals surface area contributed by atoms with Crippen molar-refractivity contribution in [1.29, 1.82) is 0 Å². The molecule has 1 aliphatic heterocycles. The van der Waals surface area contributed by atoms with E-state index in [1.165, 1.54) is 11.1 Å². The predicted molar refractivity (Wildman–Crippen MR) is 138 cm³/mol. The third-order valence-electron chi connectivity index (χ3n) is 5.09. The summed E-state index contributed by atoms with van der Waals surface area (Å²) in [6, 6.07) is 8.72. The van der Waals surface area contributed by atoms with E-state index in [0.717, 1.165) is 58.4 Å². The Balaban J connectivity index is 0.00000450. The Morgan fingerprint density at radius 1 is 1.27 bits per heavy atom. The fourth-order valence-corrected chi connectivity index (χ4v) is 3.56. The highest BCUT2D eigenvalue weighted by Crippen LogP contribution is 2.09. The van der Waals surface area contributed by atoms with Crippen molar-refractivity contribution in [2.45, 2.75) is 46.9 Å². The monoisotopic (exact) mass is 531 g/mol. The Kier molecular flexibility index (Phi) is 13.6. The molecule has 0 bridgehead atoms. The lowest BCUT2D eigenvalue weighted by Gasteiger charge is -2.34. The highest BCUT2D eigenvalue weighted by atomic mass is 127. The second kappa shape index (κ2) is 15.0. The number of morpholine rings is 1.